The van der Waals surface area contributed by atoms with E-state index in [1.54, 1.807) is 12.3 Å². The summed E-state index contributed by atoms with van der Waals surface area (Å²) in [7, 11) is 0. The van der Waals surface area contributed by atoms with Gasteiger partial charge in [0.2, 0.25) is 5.91 Å². The second-order valence-electron chi connectivity index (χ2n) is 9.27. The monoisotopic (exact) mass is 540 g/mol. The number of piperazine rings is 1. The van der Waals surface area contributed by atoms with Crippen LogP contribution in [0.3, 0.4) is 0 Å². The van der Waals surface area contributed by atoms with E-state index in [2.05, 4.69) is 15.1 Å². The summed E-state index contributed by atoms with van der Waals surface area (Å²) in [6, 6.07) is 12.3. The van der Waals surface area contributed by atoms with Crippen molar-refractivity contribution in [3.05, 3.63) is 53.1 Å². The number of thioether (sulfide) groups is 1. The van der Waals surface area contributed by atoms with Gasteiger partial charge in [0.25, 0.3) is 0 Å². The molecule has 0 bridgehead atoms. The average molecular weight is 541 g/mol. The Morgan fingerprint density at radius 2 is 1.69 bits per heavy atom. The molecule has 2 saturated heterocycles. The summed E-state index contributed by atoms with van der Waals surface area (Å²) in [5.74, 6) is 0.150. The van der Waals surface area contributed by atoms with Crippen LogP contribution >= 0.6 is 23.4 Å². The number of carbonyl (C=O) groups excluding carboxylic acids is 1. The molecular weight excluding hydrogens is 509 g/mol. The zero-order valence-corrected chi connectivity index (χ0v) is 21.9. The van der Waals surface area contributed by atoms with Gasteiger partial charge in [-0.05, 0) is 61.6 Å². The number of piperidine rings is 1. The summed E-state index contributed by atoms with van der Waals surface area (Å²) in [5.41, 5.74) is 1.03. The van der Waals surface area contributed by atoms with Gasteiger partial charge in [-0.1, -0.05) is 11.6 Å². The first kappa shape index (κ1) is 26.9. The van der Waals surface area contributed by atoms with Gasteiger partial charge in [0.05, 0.1) is 5.56 Å². The molecule has 2 aromatic carbocycles. The normalized spacial score (nSPS) is 17.9. The Morgan fingerprint density at radius 3 is 2.31 bits per heavy atom. The highest BCUT2D eigenvalue weighted by molar-refractivity contribution is 7.98. The minimum atomic E-state index is -4.38. The Kier molecular flexibility index (Phi) is 8.96. The first-order valence-corrected chi connectivity index (χ1v) is 13.9. The lowest BCUT2D eigenvalue weighted by Crippen LogP contribution is -2.48. The molecule has 2 fully saturated rings. The van der Waals surface area contributed by atoms with E-state index in [0.29, 0.717) is 25.2 Å². The number of hydrogen-bond acceptors (Lipinski definition) is 5. The van der Waals surface area contributed by atoms with Crippen LogP contribution in [-0.4, -0.2) is 73.8 Å². The van der Waals surface area contributed by atoms with E-state index in [-0.39, 0.29) is 16.8 Å². The quantitative estimate of drug-likeness (QED) is 0.456. The second-order valence-corrected chi connectivity index (χ2v) is 10.6. The second kappa shape index (κ2) is 12.0. The molecule has 196 valence electrons. The van der Waals surface area contributed by atoms with Gasteiger partial charge in [0.15, 0.2) is 0 Å². The number of amides is 1. The number of carbonyl (C=O) groups is 1. The Morgan fingerprint density at radius 1 is 1.03 bits per heavy atom. The third kappa shape index (κ3) is 7.01. The number of halogens is 4. The lowest BCUT2D eigenvalue weighted by Gasteiger charge is -2.37. The van der Waals surface area contributed by atoms with Crippen LogP contribution in [-0.2, 0) is 11.0 Å². The van der Waals surface area contributed by atoms with Crippen LogP contribution in [0, 0.1) is 0 Å². The Bertz CT molecular complexity index is 1020. The number of nitrogens with one attached hydrogen (secondary N) is 1. The maximum absolute atomic E-state index is 13.4. The molecule has 5 nitrogen and oxygen atoms in total. The number of alkyl halides is 3. The smallest absolute Gasteiger partial charge is 0.382 e. The van der Waals surface area contributed by atoms with Crippen LogP contribution in [0.2, 0.25) is 5.02 Å². The highest BCUT2D eigenvalue weighted by Gasteiger charge is 2.34. The van der Waals surface area contributed by atoms with Crippen LogP contribution in [0.15, 0.2) is 47.4 Å². The third-order valence-corrected chi connectivity index (χ3v) is 7.98. The van der Waals surface area contributed by atoms with Gasteiger partial charge in [-0.3, -0.25) is 9.69 Å². The van der Waals surface area contributed by atoms with Gasteiger partial charge in [0.1, 0.15) is 0 Å². The molecule has 1 N–H and O–H groups in total. The zero-order valence-electron chi connectivity index (χ0n) is 20.4. The van der Waals surface area contributed by atoms with Crippen molar-refractivity contribution in [1.82, 2.24) is 9.80 Å². The largest absolute Gasteiger partial charge is 0.417 e. The Hall–Kier alpha value is -2.10. The summed E-state index contributed by atoms with van der Waals surface area (Å²) in [5, 5.41) is 3.97. The molecule has 0 saturated carbocycles. The van der Waals surface area contributed by atoms with Crippen molar-refractivity contribution in [3.63, 3.8) is 0 Å². The molecule has 0 radical (unpaired) electrons. The molecule has 4 rings (SSSR count). The molecule has 0 aliphatic carbocycles. The van der Waals surface area contributed by atoms with E-state index < -0.39 is 11.7 Å². The molecule has 0 atom stereocenters. The van der Waals surface area contributed by atoms with Crippen molar-refractivity contribution < 1.29 is 18.0 Å². The topological polar surface area (TPSA) is 38.8 Å². The first-order chi connectivity index (χ1) is 17.2. The molecular formula is C26H32ClF3N4OS. The van der Waals surface area contributed by atoms with Crippen LogP contribution in [0.5, 0.6) is 0 Å². The van der Waals surface area contributed by atoms with Gasteiger partial charge >= 0.3 is 6.18 Å². The predicted octanol–water partition coefficient (Wildman–Crippen LogP) is 5.70. The number of rotatable bonds is 7. The summed E-state index contributed by atoms with van der Waals surface area (Å²) in [6.45, 7) is 5.65. The Balaban J connectivity index is 1.19. The van der Waals surface area contributed by atoms with E-state index in [4.69, 9.17) is 11.6 Å². The molecule has 0 unspecified atom stereocenters. The third-order valence-electron chi connectivity index (χ3n) is 6.93. The molecule has 2 aliphatic rings. The number of anilines is 2. The lowest BCUT2D eigenvalue weighted by atomic mass is 10.0. The molecule has 0 aromatic heterocycles. The van der Waals surface area contributed by atoms with Crippen LogP contribution in [0.25, 0.3) is 0 Å². The van der Waals surface area contributed by atoms with Crippen LogP contribution in [0.1, 0.15) is 24.8 Å². The Labute approximate surface area is 219 Å². The predicted molar refractivity (Wildman–Crippen MR) is 141 cm³/mol. The first-order valence-electron chi connectivity index (χ1n) is 12.3. The number of nitrogens with zero attached hydrogens (tertiary/aromatic N) is 3. The summed E-state index contributed by atoms with van der Waals surface area (Å²) >= 11 is 7.07. The van der Waals surface area contributed by atoms with Gasteiger partial charge in [0, 0.05) is 79.6 Å². The van der Waals surface area contributed by atoms with Crippen molar-refractivity contribution in [1.29, 1.82) is 0 Å². The molecule has 2 aromatic rings. The van der Waals surface area contributed by atoms with Crippen molar-refractivity contribution in [2.45, 2.75) is 36.4 Å². The van der Waals surface area contributed by atoms with E-state index in [1.165, 1.54) is 17.8 Å². The van der Waals surface area contributed by atoms with E-state index >= 15 is 0 Å². The highest BCUT2D eigenvalue weighted by Crippen LogP contribution is 2.37. The van der Waals surface area contributed by atoms with Crippen molar-refractivity contribution in [2.24, 2.45) is 0 Å². The van der Waals surface area contributed by atoms with Gasteiger partial charge in [-0.2, -0.15) is 13.2 Å². The van der Waals surface area contributed by atoms with Crippen molar-refractivity contribution >= 4 is 40.6 Å². The van der Waals surface area contributed by atoms with Crippen molar-refractivity contribution in [3.8, 4) is 0 Å². The zero-order chi connectivity index (χ0) is 25.7. The fraction of sp³-hybridized carbons (Fsp3) is 0.500. The van der Waals surface area contributed by atoms with Crippen molar-refractivity contribution in [2.75, 3.05) is 62.3 Å². The molecule has 10 heteroatoms. The molecule has 2 aliphatic heterocycles. The lowest BCUT2D eigenvalue weighted by molar-refractivity contribution is -0.139. The minimum absolute atomic E-state index is 0.0520. The van der Waals surface area contributed by atoms with Crippen LogP contribution < -0.4 is 10.2 Å². The summed E-state index contributed by atoms with van der Waals surface area (Å²) < 4.78 is 40.1. The van der Waals surface area contributed by atoms with E-state index in [9.17, 15) is 18.0 Å². The maximum atomic E-state index is 13.4. The standard InChI is InChI=1S/C26H32ClF3N4OS/c1-36-24-7-4-21(18-23(24)26(28,29)30)31-20-8-12-34(13-9-20)25(35)10-11-32-14-16-33(17-15-32)22-5-2-19(27)3-6-22/h2-7,18,20,31H,8-17H2,1H3. The van der Waals surface area contributed by atoms with Crippen LogP contribution in [0.4, 0.5) is 24.5 Å². The van der Waals surface area contributed by atoms with Gasteiger partial charge in [-0.25, -0.2) is 0 Å². The SMILES string of the molecule is CSc1ccc(NC2CCN(C(=O)CCN3CCN(c4ccc(Cl)cc4)CC3)CC2)cc1C(F)(F)F. The average Bonchev–Trinajstić information content (AvgIpc) is 2.88. The number of hydrogen-bond donors (Lipinski definition) is 1. The molecule has 1 amide bonds. The molecule has 0 spiro atoms. The maximum Gasteiger partial charge on any atom is 0.417 e. The summed E-state index contributed by atoms with van der Waals surface area (Å²) in [6.07, 6.45) is -0.807. The van der Waals surface area contributed by atoms with E-state index in [0.717, 1.165) is 62.3 Å². The van der Waals surface area contributed by atoms with Gasteiger partial charge in [-0.15, -0.1) is 11.8 Å². The number of benzene rings is 2. The number of likely N-dealkylation sites (tertiary alicyclic amines) is 1. The highest BCUT2D eigenvalue weighted by atomic mass is 35.5. The molecule has 2 heterocycles. The fourth-order valence-corrected chi connectivity index (χ4v) is 5.55. The van der Waals surface area contributed by atoms with Gasteiger partial charge < -0.3 is 15.1 Å². The fourth-order valence-electron chi connectivity index (χ4n) is 4.82. The molecule has 36 heavy (non-hydrogen) atoms. The minimum Gasteiger partial charge on any atom is -0.382 e. The van der Waals surface area contributed by atoms with E-state index in [1.807, 2.05) is 29.2 Å². The summed E-state index contributed by atoms with van der Waals surface area (Å²) in [4.78, 5) is 19.5.